The van der Waals surface area contributed by atoms with E-state index >= 15 is 0 Å². The van der Waals surface area contributed by atoms with E-state index in [4.69, 9.17) is 0 Å². The van der Waals surface area contributed by atoms with Gasteiger partial charge in [-0.15, -0.1) is 0 Å². The highest BCUT2D eigenvalue weighted by Gasteiger charge is 2.06. The molecule has 0 amide bonds. The summed E-state index contributed by atoms with van der Waals surface area (Å²) < 4.78 is 38.5. The van der Waals surface area contributed by atoms with E-state index < -0.39 is 10.0 Å². The molecule has 0 aromatic heterocycles. The van der Waals surface area contributed by atoms with Gasteiger partial charge in [-0.3, -0.25) is 4.99 Å². The van der Waals surface area contributed by atoms with Gasteiger partial charge in [0.25, 0.3) is 0 Å². The van der Waals surface area contributed by atoms with Crippen LogP contribution in [0.3, 0.4) is 0 Å². The molecule has 0 heterocycles. The SMILES string of the molecule is CCS(=O)(=O)NCCCNC(=NC)NCc1ccc(F)cc1CSC. The lowest BCUT2D eigenvalue weighted by Gasteiger charge is -2.14. The predicted octanol–water partition coefficient (Wildman–Crippen LogP) is 1.68. The van der Waals surface area contributed by atoms with Gasteiger partial charge in [-0.2, -0.15) is 11.8 Å². The van der Waals surface area contributed by atoms with Crippen LogP contribution in [-0.2, 0) is 22.3 Å². The maximum Gasteiger partial charge on any atom is 0.211 e. The number of thioether (sulfide) groups is 1. The number of rotatable bonds is 10. The van der Waals surface area contributed by atoms with Crippen LogP contribution >= 0.6 is 11.8 Å². The van der Waals surface area contributed by atoms with Crippen molar-refractivity contribution in [2.45, 2.75) is 25.6 Å². The maximum atomic E-state index is 13.4. The normalized spacial score (nSPS) is 12.2. The molecule has 6 nitrogen and oxygen atoms in total. The number of aliphatic imine (C=N–C) groups is 1. The standard InChI is InChI=1S/C16H27FN4O2S2/c1-4-25(22,23)21-9-5-8-19-16(18-2)20-11-13-6-7-15(17)10-14(13)12-24-3/h6-7,10,21H,4-5,8-9,11-12H2,1-3H3,(H2,18,19,20). The minimum absolute atomic E-state index is 0.0830. The molecule has 0 atom stereocenters. The molecule has 0 saturated carbocycles. The van der Waals surface area contributed by atoms with Gasteiger partial charge in [0.05, 0.1) is 5.75 Å². The molecule has 3 N–H and O–H groups in total. The molecule has 0 aliphatic rings. The zero-order valence-corrected chi connectivity index (χ0v) is 16.6. The number of hydrogen-bond donors (Lipinski definition) is 3. The number of guanidine groups is 1. The molecule has 0 aliphatic carbocycles. The van der Waals surface area contributed by atoms with Gasteiger partial charge in [0.15, 0.2) is 5.96 Å². The van der Waals surface area contributed by atoms with Gasteiger partial charge in [-0.1, -0.05) is 6.07 Å². The zero-order valence-electron chi connectivity index (χ0n) is 14.9. The Bertz CT molecular complexity index is 666. The molecule has 1 aromatic rings. The van der Waals surface area contributed by atoms with Crippen LogP contribution < -0.4 is 15.4 Å². The van der Waals surface area contributed by atoms with Crippen LogP contribution in [0.15, 0.2) is 23.2 Å². The van der Waals surface area contributed by atoms with E-state index in [1.807, 2.05) is 6.26 Å². The van der Waals surface area contributed by atoms with Crippen molar-refractivity contribution in [3.8, 4) is 0 Å². The predicted molar refractivity (Wildman–Crippen MR) is 104 cm³/mol. The second-order valence-corrected chi connectivity index (χ2v) is 8.31. The second kappa shape index (κ2) is 11.3. The molecule has 0 radical (unpaired) electrons. The Morgan fingerprint density at radius 3 is 2.64 bits per heavy atom. The van der Waals surface area contributed by atoms with E-state index in [2.05, 4.69) is 20.3 Å². The van der Waals surface area contributed by atoms with E-state index in [0.717, 1.165) is 16.9 Å². The Morgan fingerprint density at radius 2 is 2.00 bits per heavy atom. The summed E-state index contributed by atoms with van der Waals surface area (Å²) in [5.74, 6) is 1.22. The topological polar surface area (TPSA) is 82.6 Å². The molecule has 0 spiro atoms. The van der Waals surface area contributed by atoms with E-state index in [9.17, 15) is 12.8 Å². The number of sulfonamides is 1. The van der Waals surface area contributed by atoms with Crippen LogP contribution in [-0.4, -0.2) is 46.5 Å². The molecule has 0 unspecified atom stereocenters. The highest BCUT2D eigenvalue weighted by molar-refractivity contribution is 7.97. The summed E-state index contributed by atoms with van der Waals surface area (Å²) in [6.45, 7) is 3.12. The molecular formula is C16H27FN4O2S2. The van der Waals surface area contributed by atoms with Crippen molar-refractivity contribution in [1.82, 2.24) is 15.4 Å². The lowest BCUT2D eigenvalue weighted by molar-refractivity contribution is 0.579. The van der Waals surface area contributed by atoms with Gasteiger partial charge < -0.3 is 10.6 Å². The summed E-state index contributed by atoms with van der Waals surface area (Å²) in [4.78, 5) is 4.14. The Labute approximate surface area is 154 Å². The largest absolute Gasteiger partial charge is 0.356 e. The van der Waals surface area contributed by atoms with Crippen molar-refractivity contribution >= 4 is 27.7 Å². The minimum atomic E-state index is -3.14. The summed E-state index contributed by atoms with van der Waals surface area (Å²) in [5, 5.41) is 6.32. The first kappa shape index (κ1) is 21.7. The smallest absolute Gasteiger partial charge is 0.211 e. The van der Waals surface area contributed by atoms with Crippen molar-refractivity contribution in [3.63, 3.8) is 0 Å². The fourth-order valence-corrected chi connectivity index (χ4v) is 3.32. The number of halogens is 1. The highest BCUT2D eigenvalue weighted by atomic mass is 32.2. The second-order valence-electron chi connectivity index (χ2n) is 5.35. The van der Waals surface area contributed by atoms with Crippen molar-refractivity contribution < 1.29 is 12.8 Å². The van der Waals surface area contributed by atoms with Crippen molar-refractivity contribution in [2.24, 2.45) is 4.99 Å². The van der Waals surface area contributed by atoms with Crippen molar-refractivity contribution in [1.29, 1.82) is 0 Å². The van der Waals surface area contributed by atoms with Gasteiger partial charge in [-0.25, -0.2) is 17.5 Å². The molecule has 1 rings (SSSR count). The first-order valence-corrected chi connectivity index (χ1v) is 11.1. The van der Waals surface area contributed by atoms with Crippen LogP contribution in [0, 0.1) is 5.82 Å². The number of hydrogen-bond acceptors (Lipinski definition) is 4. The molecular weight excluding hydrogens is 363 g/mol. The van der Waals surface area contributed by atoms with E-state index in [1.165, 1.54) is 6.07 Å². The number of nitrogens with one attached hydrogen (secondary N) is 3. The van der Waals surface area contributed by atoms with Gasteiger partial charge >= 0.3 is 0 Å². The average molecular weight is 391 g/mol. The summed E-state index contributed by atoms with van der Waals surface area (Å²) in [6.07, 6.45) is 2.63. The number of nitrogens with zero attached hydrogens (tertiary/aromatic N) is 1. The molecule has 0 fully saturated rings. The first-order valence-electron chi connectivity index (χ1n) is 8.10. The van der Waals surface area contributed by atoms with Gasteiger partial charge in [0.2, 0.25) is 10.0 Å². The number of benzene rings is 1. The molecule has 25 heavy (non-hydrogen) atoms. The van der Waals surface area contributed by atoms with Crippen LogP contribution in [0.5, 0.6) is 0 Å². The molecule has 0 bridgehead atoms. The minimum Gasteiger partial charge on any atom is -0.356 e. The molecule has 1 aromatic carbocycles. The van der Waals surface area contributed by atoms with Crippen LogP contribution in [0.2, 0.25) is 0 Å². The Hall–Kier alpha value is -1.32. The highest BCUT2D eigenvalue weighted by Crippen LogP contribution is 2.16. The fraction of sp³-hybridized carbons (Fsp3) is 0.562. The third-order valence-corrected chi connectivity index (χ3v) is 5.49. The summed E-state index contributed by atoms with van der Waals surface area (Å²) in [7, 11) is -1.47. The first-order chi connectivity index (χ1) is 11.9. The van der Waals surface area contributed by atoms with E-state index in [1.54, 1.807) is 37.9 Å². The summed E-state index contributed by atoms with van der Waals surface area (Å²) in [5.41, 5.74) is 1.99. The fourth-order valence-electron chi connectivity index (χ4n) is 2.08. The molecule has 0 aliphatic heterocycles. The molecule has 9 heteroatoms. The third-order valence-electron chi connectivity index (χ3n) is 3.49. The van der Waals surface area contributed by atoms with Gasteiger partial charge in [-0.05, 0) is 42.9 Å². The Balaban J connectivity index is 2.42. The van der Waals surface area contributed by atoms with Crippen LogP contribution in [0.4, 0.5) is 4.39 Å². The van der Waals surface area contributed by atoms with E-state index in [0.29, 0.717) is 32.0 Å². The van der Waals surface area contributed by atoms with Gasteiger partial charge in [0.1, 0.15) is 5.82 Å². The van der Waals surface area contributed by atoms with Crippen molar-refractivity contribution in [3.05, 3.63) is 35.1 Å². The summed E-state index contributed by atoms with van der Waals surface area (Å²) in [6, 6.07) is 4.79. The Morgan fingerprint density at radius 1 is 1.24 bits per heavy atom. The van der Waals surface area contributed by atoms with Crippen LogP contribution in [0.25, 0.3) is 0 Å². The molecule has 142 valence electrons. The zero-order chi connectivity index (χ0) is 18.7. The maximum absolute atomic E-state index is 13.4. The monoisotopic (exact) mass is 390 g/mol. The lowest BCUT2D eigenvalue weighted by Crippen LogP contribution is -2.38. The Kier molecular flexibility index (Phi) is 9.84. The summed E-state index contributed by atoms with van der Waals surface area (Å²) >= 11 is 1.64. The van der Waals surface area contributed by atoms with E-state index in [-0.39, 0.29) is 11.6 Å². The lowest BCUT2D eigenvalue weighted by atomic mass is 10.1. The van der Waals surface area contributed by atoms with Gasteiger partial charge in [0, 0.05) is 32.4 Å². The molecule has 0 saturated heterocycles. The third kappa shape index (κ3) is 8.55. The quantitative estimate of drug-likeness (QED) is 0.322. The average Bonchev–Trinajstić information content (AvgIpc) is 2.59. The van der Waals surface area contributed by atoms with Crippen LogP contribution in [0.1, 0.15) is 24.5 Å². The van der Waals surface area contributed by atoms with Crippen molar-refractivity contribution in [2.75, 3.05) is 32.1 Å².